The summed E-state index contributed by atoms with van der Waals surface area (Å²) < 4.78 is 1.92. The predicted octanol–water partition coefficient (Wildman–Crippen LogP) is 0.591. The molecule has 1 fully saturated rings. The Hall–Kier alpha value is -0.900. The maximum absolute atomic E-state index is 4.46. The van der Waals surface area contributed by atoms with Crippen molar-refractivity contribution in [3.05, 3.63) is 11.6 Å². The Morgan fingerprint density at radius 1 is 1.38 bits per heavy atom. The van der Waals surface area contributed by atoms with Gasteiger partial charge < -0.3 is 5.32 Å². The van der Waals surface area contributed by atoms with Gasteiger partial charge in [0, 0.05) is 13.0 Å². The molecule has 4 nitrogen and oxygen atoms in total. The van der Waals surface area contributed by atoms with Crippen LogP contribution in [0.5, 0.6) is 0 Å². The van der Waals surface area contributed by atoms with Crippen molar-refractivity contribution in [1.29, 1.82) is 0 Å². The molecular formula is C9H16N4. The van der Waals surface area contributed by atoms with Crippen LogP contribution in [0.3, 0.4) is 0 Å². The summed E-state index contributed by atoms with van der Waals surface area (Å²) in [6, 6.07) is 0. The fraction of sp³-hybridized carbons (Fsp3) is 0.778. The molecule has 0 saturated carbocycles. The van der Waals surface area contributed by atoms with E-state index in [0.717, 1.165) is 24.7 Å². The number of nitrogens with zero attached hydrogens (tertiary/aromatic N) is 3. The van der Waals surface area contributed by atoms with Crippen molar-refractivity contribution in [2.45, 2.75) is 25.7 Å². The predicted molar refractivity (Wildman–Crippen MR) is 50.6 cm³/mol. The molecule has 1 aromatic heterocycles. The third-order valence-corrected chi connectivity index (χ3v) is 2.61. The van der Waals surface area contributed by atoms with Gasteiger partial charge in [0.25, 0.3) is 0 Å². The number of aromatic nitrogens is 3. The summed E-state index contributed by atoms with van der Waals surface area (Å²) in [6.45, 7) is 4.16. The number of nitrogens with one attached hydrogen (secondary N) is 1. The van der Waals surface area contributed by atoms with Crippen molar-refractivity contribution in [3.8, 4) is 0 Å². The van der Waals surface area contributed by atoms with Crippen LogP contribution in [0.2, 0.25) is 0 Å². The first-order valence-corrected chi connectivity index (χ1v) is 4.85. The Morgan fingerprint density at radius 3 is 2.62 bits per heavy atom. The third-order valence-electron chi connectivity index (χ3n) is 2.61. The van der Waals surface area contributed by atoms with E-state index in [1.54, 1.807) is 0 Å². The lowest BCUT2D eigenvalue weighted by Crippen LogP contribution is -2.27. The van der Waals surface area contributed by atoms with E-state index in [9.17, 15) is 0 Å². The van der Waals surface area contributed by atoms with Crippen molar-refractivity contribution in [2.24, 2.45) is 7.05 Å². The summed E-state index contributed by atoms with van der Waals surface area (Å²) in [5, 5.41) is 7.62. The zero-order valence-corrected chi connectivity index (χ0v) is 8.25. The van der Waals surface area contributed by atoms with Gasteiger partial charge in [0.2, 0.25) is 0 Å². The summed E-state index contributed by atoms with van der Waals surface area (Å²) in [5.41, 5.74) is 0. The van der Waals surface area contributed by atoms with Crippen LogP contribution in [0.15, 0.2) is 0 Å². The Morgan fingerprint density at radius 2 is 2.08 bits per heavy atom. The first kappa shape index (κ1) is 8.69. The molecule has 1 aliphatic rings. The molecule has 2 heterocycles. The average Bonchev–Trinajstić information content (AvgIpc) is 2.47. The van der Waals surface area contributed by atoms with Gasteiger partial charge in [-0.25, -0.2) is 4.98 Å². The van der Waals surface area contributed by atoms with E-state index in [4.69, 9.17) is 0 Å². The van der Waals surface area contributed by atoms with Crippen molar-refractivity contribution in [2.75, 3.05) is 13.1 Å². The number of hydrogen-bond acceptors (Lipinski definition) is 3. The second-order valence-electron chi connectivity index (χ2n) is 3.67. The second kappa shape index (κ2) is 3.46. The highest BCUT2D eigenvalue weighted by molar-refractivity contribution is 5.00. The van der Waals surface area contributed by atoms with Crippen LogP contribution in [0.1, 0.15) is 30.4 Å². The molecule has 0 spiro atoms. The van der Waals surface area contributed by atoms with E-state index in [-0.39, 0.29) is 0 Å². The first-order chi connectivity index (χ1) is 6.27. The van der Waals surface area contributed by atoms with Gasteiger partial charge in [0.1, 0.15) is 11.6 Å². The lowest BCUT2D eigenvalue weighted by molar-refractivity contribution is 0.432. The van der Waals surface area contributed by atoms with Crippen LogP contribution >= 0.6 is 0 Å². The molecule has 0 aromatic carbocycles. The van der Waals surface area contributed by atoms with Crippen LogP contribution < -0.4 is 5.32 Å². The maximum atomic E-state index is 4.46. The van der Waals surface area contributed by atoms with Crippen LogP contribution in [0.4, 0.5) is 0 Å². The standard InChI is InChI=1S/C9H16N4/c1-7-11-9(13(2)12-7)8-3-5-10-6-4-8/h8,10H,3-6H2,1-2H3. The molecule has 1 aliphatic heterocycles. The van der Waals surface area contributed by atoms with Gasteiger partial charge >= 0.3 is 0 Å². The molecule has 0 aliphatic carbocycles. The molecule has 0 bridgehead atoms. The van der Waals surface area contributed by atoms with Crippen molar-refractivity contribution in [3.63, 3.8) is 0 Å². The zero-order chi connectivity index (χ0) is 9.26. The first-order valence-electron chi connectivity index (χ1n) is 4.85. The molecule has 4 heteroatoms. The highest BCUT2D eigenvalue weighted by Gasteiger charge is 2.19. The van der Waals surface area contributed by atoms with Gasteiger partial charge in [-0.05, 0) is 32.9 Å². The molecular weight excluding hydrogens is 164 g/mol. The topological polar surface area (TPSA) is 42.7 Å². The molecule has 1 saturated heterocycles. The van der Waals surface area contributed by atoms with Crippen molar-refractivity contribution >= 4 is 0 Å². The van der Waals surface area contributed by atoms with E-state index < -0.39 is 0 Å². The van der Waals surface area contributed by atoms with Gasteiger partial charge in [-0.15, -0.1) is 0 Å². The Balaban J connectivity index is 2.18. The minimum absolute atomic E-state index is 0.604. The minimum atomic E-state index is 0.604. The van der Waals surface area contributed by atoms with Crippen LogP contribution in [-0.4, -0.2) is 27.9 Å². The fourth-order valence-electron chi connectivity index (χ4n) is 1.96. The molecule has 1 N–H and O–H groups in total. The maximum Gasteiger partial charge on any atom is 0.147 e. The van der Waals surface area contributed by atoms with Gasteiger partial charge in [-0.2, -0.15) is 5.10 Å². The summed E-state index contributed by atoms with van der Waals surface area (Å²) in [6.07, 6.45) is 2.37. The number of hydrogen-bond donors (Lipinski definition) is 1. The monoisotopic (exact) mass is 180 g/mol. The van der Waals surface area contributed by atoms with Gasteiger partial charge in [0.15, 0.2) is 0 Å². The Labute approximate surface area is 78.4 Å². The highest BCUT2D eigenvalue weighted by atomic mass is 15.3. The van der Waals surface area contributed by atoms with Gasteiger partial charge in [-0.3, -0.25) is 4.68 Å². The molecule has 0 amide bonds. The van der Waals surface area contributed by atoms with E-state index >= 15 is 0 Å². The van der Waals surface area contributed by atoms with E-state index in [0.29, 0.717) is 5.92 Å². The highest BCUT2D eigenvalue weighted by Crippen LogP contribution is 2.22. The van der Waals surface area contributed by atoms with Crippen LogP contribution in [-0.2, 0) is 7.05 Å². The van der Waals surface area contributed by atoms with E-state index in [1.807, 2.05) is 18.7 Å². The zero-order valence-electron chi connectivity index (χ0n) is 8.25. The third kappa shape index (κ3) is 1.72. The smallest absolute Gasteiger partial charge is 0.147 e. The molecule has 1 aromatic rings. The summed E-state index contributed by atoms with van der Waals surface area (Å²) in [7, 11) is 1.98. The largest absolute Gasteiger partial charge is 0.317 e. The van der Waals surface area contributed by atoms with Gasteiger partial charge in [-0.1, -0.05) is 0 Å². The molecule has 13 heavy (non-hydrogen) atoms. The molecule has 0 unspecified atom stereocenters. The normalized spacial score (nSPS) is 19.2. The quantitative estimate of drug-likeness (QED) is 0.688. The Kier molecular flexibility index (Phi) is 2.31. The van der Waals surface area contributed by atoms with E-state index in [1.165, 1.54) is 12.8 Å². The number of rotatable bonds is 1. The summed E-state index contributed by atoms with van der Waals surface area (Å²) >= 11 is 0. The second-order valence-corrected chi connectivity index (χ2v) is 3.67. The van der Waals surface area contributed by atoms with Crippen LogP contribution in [0, 0.1) is 6.92 Å². The van der Waals surface area contributed by atoms with Gasteiger partial charge in [0.05, 0.1) is 0 Å². The van der Waals surface area contributed by atoms with Crippen LogP contribution in [0.25, 0.3) is 0 Å². The Bertz CT molecular complexity index is 286. The summed E-state index contributed by atoms with van der Waals surface area (Å²) in [5.74, 6) is 2.64. The summed E-state index contributed by atoms with van der Waals surface area (Å²) in [4.78, 5) is 4.46. The molecule has 72 valence electrons. The average molecular weight is 180 g/mol. The SMILES string of the molecule is Cc1nc(C2CCNCC2)n(C)n1. The fourth-order valence-corrected chi connectivity index (χ4v) is 1.96. The lowest BCUT2D eigenvalue weighted by atomic mass is 9.97. The minimum Gasteiger partial charge on any atom is -0.317 e. The number of aryl methyl sites for hydroxylation is 2. The van der Waals surface area contributed by atoms with Crippen molar-refractivity contribution < 1.29 is 0 Å². The number of piperidine rings is 1. The van der Waals surface area contributed by atoms with E-state index in [2.05, 4.69) is 15.4 Å². The van der Waals surface area contributed by atoms with Crippen molar-refractivity contribution in [1.82, 2.24) is 20.1 Å². The molecule has 0 radical (unpaired) electrons. The molecule has 0 atom stereocenters. The molecule has 2 rings (SSSR count). The lowest BCUT2D eigenvalue weighted by Gasteiger charge is -2.21.